The van der Waals surface area contributed by atoms with Crippen molar-refractivity contribution >= 4 is 40.8 Å². The summed E-state index contributed by atoms with van der Waals surface area (Å²) >= 11 is 16.5. The molecule has 0 bridgehead atoms. The summed E-state index contributed by atoms with van der Waals surface area (Å²) in [6.45, 7) is 1.95. The van der Waals surface area contributed by atoms with Gasteiger partial charge in [0.1, 0.15) is 4.49 Å². The normalized spacial score (nSPS) is 14.8. The molecule has 0 aliphatic carbocycles. The van der Waals surface area contributed by atoms with Gasteiger partial charge in [0.2, 0.25) is 0 Å². The number of carboxylic acid groups (broad SMARTS) is 1. The molecule has 76 valence electrons. The summed E-state index contributed by atoms with van der Waals surface area (Å²) in [6.07, 6.45) is 3.06. The molecule has 0 aliphatic rings. The highest BCUT2D eigenvalue weighted by atomic mass is 35.5. The first-order valence-corrected chi connectivity index (χ1v) is 5.02. The maximum Gasteiger partial charge on any atom is 0.328 e. The lowest BCUT2D eigenvalue weighted by Crippen LogP contribution is -2.30. The first kappa shape index (κ1) is 13.1. The van der Waals surface area contributed by atoms with Crippen LogP contribution in [-0.2, 0) is 4.79 Å². The quantitative estimate of drug-likeness (QED) is 0.752. The van der Waals surface area contributed by atoms with Crippen LogP contribution in [0.15, 0.2) is 10.6 Å². The van der Waals surface area contributed by atoms with Crippen molar-refractivity contribution in [2.75, 3.05) is 0 Å². The first-order valence-electron chi connectivity index (χ1n) is 3.88. The SMILES string of the molecule is CCCCC(Cl)(C=C(Cl)Cl)C(=O)O. The molecule has 2 nitrogen and oxygen atoms in total. The van der Waals surface area contributed by atoms with E-state index in [0.717, 1.165) is 12.5 Å². The van der Waals surface area contributed by atoms with Crippen molar-refractivity contribution in [2.45, 2.75) is 31.1 Å². The number of hydrogen-bond donors (Lipinski definition) is 1. The Morgan fingerprint density at radius 3 is 2.38 bits per heavy atom. The molecule has 0 amide bonds. The van der Waals surface area contributed by atoms with Crippen molar-refractivity contribution in [1.29, 1.82) is 0 Å². The number of aliphatic carboxylic acids is 1. The summed E-state index contributed by atoms with van der Waals surface area (Å²) in [5, 5.41) is 8.81. The molecule has 1 unspecified atom stereocenters. The summed E-state index contributed by atoms with van der Waals surface area (Å²) in [7, 11) is 0. The average molecular weight is 246 g/mol. The number of hydrogen-bond acceptors (Lipinski definition) is 1. The third-order valence-corrected chi connectivity index (χ3v) is 2.27. The highest BCUT2D eigenvalue weighted by Gasteiger charge is 2.33. The van der Waals surface area contributed by atoms with E-state index in [9.17, 15) is 4.79 Å². The zero-order chi connectivity index (χ0) is 10.5. The number of carboxylic acids is 1. The molecule has 0 saturated carbocycles. The van der Waals surface area contributed by atoms with Crippen molar-refractivity contribution < 1.29 is 9.90 Å². The maximum atomic E-state index is 10.8. The van der Waals surface area contributed by atoms with Crippen LogP contribution in [0.25, 0.3) is 0 Å². The Kier molecular flexibility index (Phi) is 5.77. The minimum atomic E-state index is -1.46. The van der Waals surface area contributed by atoms with Crippen LogP contribution in [-0.4, -0.2) is 16.0 Å². The van der Waals surface area contributed by atoms with Gasteiger partial charge in [-0.05, 0) is 12.5 Å². The van der Waals surface area contributed by atoms with Gasteiger partial charge in [0.25, 0.3) is 0 Å². The third-order valence-electron chi connectivity index (χ3n) is 1.59. The van der Waals surface area contributed by atoms with Crippen LogP contribution < -0.4 is 0 Å². The van der Waals surface area contributed by atoms with E-state index in [0.29, 0.717) is 12.8 Å². The standard InChI is InChI=1S/C8H11Cl3O2/c1-2-3-4-8(11,7(12)13)5-6(9)10/h5H,2-4H2,1H3,(H,12,13). The summed E-state index contributed by atoms with van der Waals surface area (Å²) < 4.78 is -0.117. The molecule has 0 aromatic rings. The second-order valence-corrected chi connectivity index (χ2v) is 4.39. The van der Waals surface area contributed by atoms with Crippen LogP contribution in [0.2, 0.25) is 0 Å². The molecular formula is C8H11Cl3O2. The molecule has 0 aliphatic heterocycles. The van der Waals surface area contributed by atoms with Gasteiger partial charge in [-0.1, -0.05) is 43.0 Å². The van der Waals surface area contributed by atoms with E-state index in [4.69, 9.17) is 39.9 Å². The van der Waals surface area contributed by atoms with Gasteiger partial charge in [0, 0.05) is 0 Å². The number of alkyl halides is 1. The van der Waals surface area contributed by atoms with E-state index in [2.05, 4.69) is 0 Å². The first-order chi connectivity index (χ1) is 5.92. The van der Waals surface area contributed by atoms with E-state index < -0.39 is 10.8 Å². The largest absolute Gasteiger partial charge is 0.480 e. The monoisotopic (exact) mass is 244 g/mol. The fourth-order valence-electron chi connectivity index (χ4n) is 0.848. The van der Waals surface area contributed by atoms with Gasteiger partial charge in [-0.3, -0.25) is 0 Å². The molecule has 1 atom stereocenters. The van der Waals surface area contributed by atoms with Crippen LogP contribution in [0.3, 0.4) is 0 Å². The Bertz CT molecular complexity index is 211. The smallest absolute Gasteiger partial charge is 0.328 e. The van der Waals surface area contributed by atoms with Crippen molar-refractivity contribution in [3.8, 4) is 0 Å². The summed E-state index contributed by atoms with van der Waals surface area (Å²) in [5.41, 5.74) is 0. The van der Waals surface area contributed by atoms with Crippen molar-refractivity contribution in [1.82, 2.24) is 0 Å². The molecule has 5 heteroatoms. The predicted octanol–water partition coefficient (Wildman–Crippen LogP) is 3.56. The Hall–Kier alpha value is 0.0800. The van der Waals surface area contributed by atoms with Gasteiger partial charge >= 0.3 is 5.97 Å². The fourth-order valence-corrected chi connectivity index (χ4v) is 1.57. The number of unbranched alkanes of at least 4 members (excludes halogenated alkanes) is 1. The molecule has 0 rings (SSSR count). The number of rotatable bonds is 5. The molecule has 0 aromatic heterocycles. The van der Waals surface area contributed by atoms with Gasteiger partial charge in [-0.15, -0.1) is 11.6 Å². The van der Waals surface area contributed by atoms with Gasteiger partial charge in [-0.25, -0.2) is 4.79 Å². The predicted molar refractivity (Wildman–Crippen MR) is 55.5 cm³/mol. The van der Waals surface area contributed by atoms with Crippen molar-refractivity contribution in [2.24, 2.45) is 0 Å². The molecule has 0 spiro atoms. The average Bonchev–Trinajstić information content (AvgIpc) is 1.99. The Balaban J connectivity index is 4.53. The molecule has 0 saturated heterocycles. The lowest BCUT2D eigenvalue weighted by molar-refractivity contribution is -0.139. The van der Waals surface area contributed by atoms with Gasteiger partial charge in [0.05, 0.1) is 0 Å². The lowest BCUT2D eigenvalue weighted by atomic mass is 10.0. The van der Waals surface area contributed by atoms with Crippen molar-refractivity contribution in [3.63, 3.8) is 0 Å². The zero-order valence-electron chi connectivity index (χ0n) is 7.19. The molecular weight excluding hydrogens is 234 g/mol. The number of carbonyl (C=O) groups is 1. The van der Waals surface area contributed by atoms with Gasteiger partial charge < -0.3 is 5.11 Å². The van der Waals surface area contributed by atoms with E-state index >= 15 is 0 Å². The Labute approximate surface area is 92.5 Å². The highest BCUT2D eigenvalue weighted by Crippen LogP contribution is 2.28. The summed E-state index contributed by atoms with van der Waals surface area (Å²) in [6, 6.07) is 0. The Morgan fingerprint density at radius 1 is 1.54 bits per heavy atom. The van der Waals surface area contributed by atoms with E-state index in [1.807, 2.05) is 6.92 Å². The van der Waals surface area contributed by atoms with Crippen LogP contribution in [0, 0.1) is 0 Å². The van der Waals surface area contributed by atoms with Gasteiger partial charge in [-0.2, -0.15) is 0 Å². The van der Waals surface area contributed by atoms with Crippen LogP contribution in [0.1, 0.15) is 26.2 Å². The van der Waals surface area contributed by atoms with Crippen molar-refractivity contribution in [3.05, 3.63) is 10.6 Å². The molecule has 0 heterocycles. The molecule has 0 radical (unpaired) electrons. The summed E-state index contributed by atoms with van der Waals surface area (Å²) in [5.74, 6) is -1.12. The molecule has 1 N–H and O–H groups in total. The Morgan fingerprint density at radius 2 is 2.08 bits per heavy atom. The molecule has 13 heavy (non-hydrogen) atoms. The minimum Gasteiger partial charge on any atom is -0.480 e. The summed E-state index contributed by atoms with van der Waals surface area (Å²) in [4.78, 5) is 9.31. The van der Waals surface area contributed by atoms with E-state index in [1.54, 1.807) is 0 Å². The van der Waals surface area contributed by atoms with Crippen LogP contribution in [0.4, 0.5) is 0 Å². The van der Waals surface area contributed by atoms with Crippen LogP contribution in [0.5, 0.6) is 0 Å². The highest BCUT2D eigenvalue weighted by molar-refractivity contribution is 6.56. The lowest BCUT2D eigenvalue weighted by Gasteiger charge is -2.17. The fraction of sp³-hybridized carbons (Fsp3) is 0.625. The second kappa shape index (κ2) is 5.74. The molecule has 0 aromatic carbocycles. The second-order valence-electron chi connectivity index (χ2n) is 2.71. The maximum absolute atomic E-state index is 10.8. The zero-order valence-corrected chi connectivity index (χ0v) is 9.46. The molecule has 0 fully saturated rings. The number of halogens is 3. The van der Waals surface area contributed by atoms with E-state index in [-0.39, 0.29) is 4.49 Å². The minimum absolute atomic E-state index is 0.117. The van der Waals surface area contributed by atoms with Crippen LogP contribution >= 0.6 is 34.8 Å². The third kappa shape index (κ3) is 4.75. The van der Waals surface area contributed by atoms with Gasteiger partial charge in [0.15, 0.2) is 4.87 Å². The van der Waals surface area contributed by atoms with E-state index in [1.165, 1.54) is 0 Å². The topological polar surface area (TPSA) is 37.3 Å².